The zero-order valence-electron chi connectivity index (χ0n) is 10.6. The minimum atomic E-state index is -0.236. The van der Waals surface area contributed by atoms with E-state index in [9.17, 15) is 9.59 Å². The molecule has 2 rings (SSSR count). The molecule has 1 aromatic heterocycles. The summed E-state index contributed by atoms with van der Waals surface area (Å²) in [5.41, 5.74) is 0.389. The van der Waals surface area contributed by atoms with Crippen LogP contribution in [0.3, 0.4) is 0 Å². The van der Waals surface area contributed by atoms with Crippen LogP contribution < -0.4 is 10.9 Å². The first-order chi connectivity index (χ1) is 9.22. The lowest BCUT2D eigenvalue weighted by Crippen LogP contribution is -2.28. The van der Waals surface area contributed by atoms with Crippen LogP contribution in [0.5, 0.6) is 0 Å². The first-order valence-electron chi connectivity index (χ1n) is 6.03. The van der Waals surface area contributed by atoms with E-state index in [-0.39, 0.29) is 24.6 Å². The van der Waals surface area contributed by atoms with Crippen LogP contribution in [0.2, 0.25) is 0 Å². The molecule has 2 N–H and O–H groups in total. The molecule has 100 valence electrons. The lowest BCUT2D eigenvalue weighted by molar-refractivity contribution is -0.125. The van der Waals surface area contributed by atoms with Crippen LogP contribution in [0, 0.1) is 0 Å². The summed E-state index contributed by atoms with van der Waals surface area (Å²) in [4.78, 5) is 23.0. The van der Waals surface area contributed by atoms with Gasteiger partial charge in [0.15, 0.2) is 0 Å². The zero-order chi connectivity index (χ0) is 13.7. The molecule has 1 heterocycles. The predicted octanol–water partition coefficient (Wildman–Crippen LogP) is 0.576. The summed E-state index contributed by atoms with van der Waals surface area (Å²) in [7, 11) is 0. The van der Waals surface area contributed by atoms with Crippen molar-refractivity contribution in [3.05, 3.63) is 40.3 Å². The van der Waals surface area contributed by atoms with E-state index in [1.807, 2.05) is 19.1 Å². The molecule has 0 radical (unpaired) electrons. The van der Waals surface area contributed by atoms with E-state index in [4.69, 9.17) is 4.74 Å². The average Bonchev–Trinajstić information content (AvgIpc) is 2.45. The molecule has 0 atom stereocenters. The van der Waals surface area contributed by atoms with E-state index in [2.05, 4.69) is 15.5 Å². The number of nitrogens with zero attached hydrogens (tertiary/aromatic N) is 1. The third-order valence-corrected chi connectivity index (χ3v) is 2.67. The minimum Gasteiger partial charge on any atom is -0.372 e. The van der Waals surface area contributed by atoms with E-state index < -0.39 is 0 Å². The van der Waals surface area contributed by atoms with Gasteiger partial charge in [0.1, 0.15) is 6.61 Å². The van der Waals surface area contributed by atoms with Gasteiger partial charge in [0.25, 0.3) is 5.56 Å². The number of carbonyl (C=O) groups is 1. The van der Waals surface area contributed by atoms with Gasteiger partial charge in [0.05, 0.1) is 17.6 Å². The third kappa shape index (κ3) is 3.17. The lowest BCUT2D eigenvalue weighted by Gasteiger charge is -2.06. The van der Waals surface area contributed by atoms with Crippen molar-refractivity contribution < 1.29 is 9.53 Å². The Kier molecular flexibility index (Phi) is 4.25. The van der Waals surface area contributed by atoms with Crippen LogP contribution in [0.1, 0.15) is 12.6 Å². The molecule has 0 saturated carbocycles. The Morgan fingerprint density at radius 2 is 2.11 bits per heavy atom. The van der Waals surface area contributed by atoms with Gasteiger partial charge in [-0.1, -0.05) is 18.2 Å². The Morgan fingerprint density at radius 1 is 1.37 bits per heavy atom. The van der Waals surface area contributed by atoms with Crippen LogP contribution in [-0.4, -0.2) is 29.3 Å². The largest absolute Gasteiger partial charge is 0.372 e. The van der Waals surface area contributed by atoms with Gasteiger partial charge < -0.3 is 10.1 Å². The zero-order valence-corrected chi connectivity index (χ0v) is 10.6. The topological polar surface area (TPSA) is 84.1 Å². The highest BCUT2D eigenvalue weighted by Crippen LogP contribution is 2.11. The molecule has 0 bridgehead atoms. The molecule has 0 unspecified atom stereocenters. The minimum absolute atomic E-state index is 0.0256. The van der Waals surface area contributed by atoms with E-state index >= 15 is 0 Å². The maximum atomic E-state index is 11.6. The van der Waals surface area contributed by atoms with Crippen molar-refractivity contribution in [2.75, 3.05) is 13.2 Å². The normalized spacial score (nSPS) is 10.6. The SMILES string of the molecule is CCOCC(=O)NCc1n[nH]c(=O)c2ccccc12. The first kappa shape index (κ1) is 13.2. The second kappa shape index (κ2) is 6.10. The van der Waals surface area contributed by atoms with Gasteiger partial charge in [-0.3, -0.25) is 9.59 Å². The predicted molar refractivity (Wildman–Crippen MR) is 70.7 cm³/mol. The molecule has 0 fully saturated rings. The Labute approximate surface area is 109 Å². The highest BCUT2D eigenvalue weighted by molar-refractivity contribution is 5.84. The lowest BCUT2D eigenvalue weighted by atomic mass is 10.1. The summed E-state index contributed by atoms with van der Waals surface area (Å²) in [6, 6.07) is 7.15. The first-order valence-corrected chi connectivity index (χ1v) is 6.03. The number of fused-ring (bicyclic) bond motifs is 1. The highest BCUT2D eigenvalue weighted by Gasteiger charge is 2.07. The number of aromatic amines is 1. The number of aromatic nitrogens is 2. The summed E-state index contributed by atoms with van der Waals surface area (Å²) in [6.07, 6.45) is 0. The molecule has 6 nitrogen and oxygen atoms in total. The Bertz CT molecular complexity index is 636. The molecule has 0 saturated heterocycles. The van der Waals surface area contributed by atoms with Crippen molar-refractivity contribution in [3.63, 3.8) is 0 Å². The molecule has 0 aliphatic heterocycles. The molecule has 0 aliphatic rings. The highest BCUT2D eigenvalue weighted by atomic mass is 16.5. The van der Waals surface area contributed by atoms with Gasteiger partial charge in [0.2, 0.25) is 5.91 Å². The maximum Gasteiger partial charge on any atom is 0.272 e. The Balaban J connectivity index is 2.15. The molecule has 1 amide bonds. The third-order valence-electron chi connectivity index (χ3n) is 2.67. The fraction of sp³-hybridized carbons (Fsp3) is 0.308. The van der Waals surface area contributed by atoms with Gasteiger partial charge >= 0.3 is 0 Å². The molecule has 1 aromatic carbocycles. The summed E-state index contributed by atoms with van der Waals surface area (Å²) in [5.74, 6) is -0.209. The quantitative estimate of drug-likeness (QED) is 0.824. The number of hydrogen-bond donors (Lipinski definition) is 2. The van der Waals surface area contributed by atoms with E-state index in [1.165, 1.54) is 0 Å². The summed E-state index contributed by atoms with van der Waals surface area (Å²) in [6.45, 7) is 2.60. The van der Waals surface area contributed by atoms with Crippen LogP contribution in [0.4, 0.5) is 0 Å². The van der Waals surface area contributed by atoms with Crippen LogP contribution in [0.15, 0.2) is 29.1 Å². The van der Waals surface area contributed by atoms with Crippen molar-refractivity contribution >= 4 is 16.7 Å². The maximum absolute atomic E-state index is 11.6. The summed E-state index contributed by atoms with van der Waals surface area (Å²) < 4.78 is 5.00. The van der Waals surface area contributed by atoms with E-state index in [0.29, 0.717) is 17.7 Å². The molecule has 0 spiro atoms. The number of H-pyrrole nitrogens is 1. The summed E-state index contributed by atoms with van der Waals surface area (Å²) in [5, 5.41) is 10.4. The van der Waals surface area contributed by atoms with E-state index in [0.717, 1.165) is 5.39 Å². The molecule has 6 heteroatoms. The number of amides is 1. The number of benzene rings is 1. The van der Waals surface area contributed by atoms with Crippen LogP contribution >= 0.6 is 0 Å². The number of carbonyl (C=O) groups excluding carboxylic acids is 1. The monoisotopic (exact) mass is 261 g/mol. The van der Waals surface area contributed by atoms with Crippen molar-refractivity contribution in [2.45, 2.75) is 13.5 Å². The molecular weight excluding hydrogens is 246 g/mol. The van der Waals surface area contributed by atoms with Gasteiger partial charge in [-0.25, -0.2) is 5.10 Å². The molecular formula is C13H15N3O3. The second-order valence-corrected chi connectivity index (χ2v) is 3.96. The second-order valence-electron chi connectivity index (χ2n) is 3.96. The van der Waals surface area contributed by atoms with Crippen molar-refractivity contribution in [1.82, 2.24) is 15.5 Å². The van der Waals surface area contributed by atoms with Crippen LogP contribution in [-0.2, 0) is 16.1 Å². The number of hydrogen-bond acceptors (Lipinski definition) is 4. The fourth-order valence-corrected chi connectivity index (χ4v) is 1.73. The molecule has 19 heavy (non-hydrogen) atoms. The average molecular weight is 261 g/mol. The standard InChI is InChI=1S/C13H15N3O3/c1-2-19-8-12(17)14-7-11-9-5-3-4-6-10(9)13(18)16-15-11/h3-6H,2,7-8H2,1H3,(H,14,17)(H,16,18). The van der Waals surface area contributed by atoms with E-state index in [1.54, 1.807) is 12.1 Å². The van der Waals surface area contributed by atoms with Gasteiger partial charge in [-0.2, -0.15) is 5.10 Å². The van der Waals surface area contributed by atoms with Crippen molar-refractivity contribution in [1.29, 1.82) is 0 Å². The smallest absolute Gasteiger partial charge is 0.272 e. The van der Waals surface area contributed by atoms with Gasteiger partial charge in [-0.05, 0) is 13.0 Å². The Hall–Kier alpha value is -2.21. The van der Waals surface area contributed by atoms with Gasteiger partial charge in [0, 0.05) is 12.0 Å². The van der Waals surface area contributed by atoms with Crippen molar-refractivity contribution in [3.8, 4) is 0 Å². The number of ether oxygens (including phenoxy) is 1. The fourth-order valence-electron chi connectivity index (χ4n) is 1.73. The van der Waals surface area contributed by atoms with Crippen molar-refractivity contribution in [2.24, 2.45) is 0 Å². The summed E-state index contributed by atoms with van der Waals surface area (Å²) >= 11 is 0. The number of rotatable bonds is 5. The molecule has 0 aliphatic carbocycles. The van der Waals surface area contributed by atoms with Gasteiger partial charge in [-0.15, -0.1) is 0 Å². The number of nitrogens with one attached hydrogen (secondary N) is 2. The van der Waals surface area contributed by atoms with Crippen LogP contribution in [0.25, 0.3) is 10.8 Å². The Morgan fingerprint density at radius 3 is 2.84 bits per heavy atom. The molecule has 2 aromatic rings.